The molecule has 0 saturated carbocycles. The summed E-state index contributed by atoms with van der Waals surface area (Å²) in [7, 11) is 0. The number of ether oxygens (including phenoxy) is 1. The van der Waals surface area contributed by atoms with Crippen LogP contribution in [0.4, 0.5) is 0 Å². The zero-order chi connectivity index (χ0) is 14.4. The molecule has 0 saturated heterocycles. The number of rotatable bonds is 5. The first-order chi connectivity index (χ1) is 9.65. The molecule has 0 unspecified atom stereocenters. The Morgan fingerprint density at radius 3 is 2.65 bits per heavy atom. The van der Waals surface area contributed by atoms with Crippen LogP contribution in [-0.4, -0.2) is 11.1 Å². The summed E-state index contributed by atoms with van der Waals surface area (Å²) in [5.74, 6) is -0.211. The van der Waals surface area contributed by atoms with Crippen molar-refractivity contribution in [2.45, 2.75) is 6.61 Å². The van der Waals surface area contributed by atoms with Crippen molar-refractivity contribution < 1.29 is 14.6 Å². The quantitative estimate of drug-likeness (QED) is 0.631. The average Bonchev–Trinajstić information content (AvgIpc) is 2.46. The Labute approximate surface area is 131 Å². The van der Waals surface area contributed by atoms with Gasteiger partial charge >= 0.3 is 5.97 Å². The molecular formula is C16H13IO3. The van der Waals surface area contributed by atoms with Crippen LogP contribution in [0.25, 0.3) is 6.08 Å². The predicted molar refractivity (Wildman–Crippen MR) is 86.6 cm³/mol. The number of hydrogen-bond donors (Lipinski definition) is 1. The van der Waals surface area contributed by atoms with E-state index in [0.29, 0.717) is 6.61 Å². The largest absolute Gasteiger partial charge is 0.488 e. The van der Waals surface area contributed by atoms with E-state index in [4.69, 9.17) is 9.84 Å². The molecule has 2 aromatic carbocycles. The van der Waals surface area contributed by atoms with Crippen molar-refractivity contribution in [2.24, 2.45) is 0 Å². The van der Waals surface area contributed by atoms with Gasteiger partial charge in [0, 0.05) is 6.08 Å². The molecule has 0 aliphatic carbocycles. The van der Waals surface area contributed by atoms with Crippen LogP contribution in [0, 0.1) is 3.57 Å². The van der Waals surface area contributed by atoms with Crippen molar-refractivity contribution in [1.82, 2.24) is 0 Å². The van der Waals surface area contributed by atoms with Gasteiger partial charge < -0.3 is 9.84 Å². The lowest BCUT2D eigenvalue weighted by molar-refractivity contribution is -0.131. The molecule has 2 rings (SSSR count). The molecule has 2 aromatic rings. The van der Waals surface area contributed by atoms with E-state index in [-0.39, 0.29) is 0 Å². The standard InChI is InChI=1S/C16H13IO3/c17-14-8-6-12(7-9-16(18)19)10-15(14)20-11-13-4-2-1-3-5-13/h1-10H,11H2,(H,18,19)/b9-7+. The van der Waals surface area contributed by atoms with Crippen LogP contribution in [0.15, 0.2) is 54.6 Å². The van der Waals surface area contributed by atoms with Gasteiger partial charge in [0.15, 0.2) is 0 Å². The lowest BCUT2D eigenvalue weighted by atomic mass is 10.2. The zero-order valence-corrected chi connectivity index (χ0v) is 12.8. The van der Waals surface area contributed by atoms with Crippen molar-refractivity contribution in [3.8, 4) is 5.75 Å². The third-order valence-corrected chi connectivity index (χ3v) is 3.50. The Kier molecular flexibility index (Phi) is 5.17. The number of carboxylic acid groups (broad SMARTS) is 1. The first kappa shape index (κ1) is 14.6. The minimum atomic E-state index is -0.963. The highest BCUT2D eigenvalue weighted by atomic mass is 127. The molecule has 1 N–H and O–H groups in total. The summed E-state index contributed by atoms with van der Waals surface area (Å²) in [6.07, 6.45) is 2.66. The van der Waals surface area contributed by atoms with Gasteiger partial charge in [0.1, 0.15) is 12.4 Å². The summed E-state index contributed by atoms with van der Waals surface area (Å²) in [6.45, 7) is 0.489. The maximum Gasteiger partial charge on any atom is 0.328 e. The first-order valence-corrected chi connectivity index (χ1v) is 7.10. The lowest BCUT2D eigenvalue weighted by Crippen LogP contribution is -1.97. The van der Waals surface area contributed by atoms with Gasteiger partial charge in [-0.15, -0.1) is 0 Å². The number of carbonyl (C=O) groups is 1. The third-order valence-electron chi connectivity index (χ3n) is 2.61. The Morgan fingerprint density at radius 1 is 1.20 bits per heavy atom. The molecule has 3 nitrogen and oxygen atoms in total. The highest BCUT2D eigenvalue weighted by Gasteiger charge is 2.02. The third kappa shape index (κ3) is 4.38. The second kappa shape index (κ2) is 7.09. The van der Waals surface area contributed by atoms with E-state index in [1.54, 1.807) is 6.08 Å². The van der Waals surface area contributed by atoms with Crippen LogP contribution < -0.4 is 4.74 Å². The van der Waals surface area contributed by atoms with Crippen LogP contribution in [0.2, 0.25) is 0 Å². The number of benzene rings is 2. The zero-order valence-electron chi connectivity index (χ0n) is 10.6. The number of carboxylic acids is 1. The molecular weight excluding hydrogens is 367 g/mol. The van der Waals surface area contributed by atoms with Crippen molar-refractivity contribution >= 4 is 34.6 Å². The van der Waals surface area contributed by atoms with Gasteiger partial charge in [0.25, 0.3) is 0 Å². The predicted octanol–water partition coefficient (Wildman–Crippen LogP) is 3.97. The summed E-state index contributed by atoms with van der Waals surface area (Å²) in [5.41, 5.74) is 1.89. The number of aliphatic carboxylic acids is 1. The smallest absolute Gasteiger partial charge is 0.328 e. The molecule has 102 valence electrons. The minimum Gasteiger partial charge on any atom is -0.488 e. The van der Waals surface area contributed by atoms with Crippen LogP contribution in [0.3, 0.4) is 0 Å². The maximum absolute atomic E-state index is 10.5. The van der Waals surface area contributed by atoms with Gasteiger partial charge in [0.2, 0.25) is 0 Å². The van der Waals surface area contributed by atoms with E-state index in [1.165, 1.54) is 0 Å². The van der Waals surface area contributed by atoms with Crippen molar-refractivity contribution in [3.05, 3.63) is 69.3 Å². The van der Waals surface area contributed by atoms with Crippen molar-refractivity contribution in [1.29, 1.82) is 0 Å². The molecule has 0 aliphatic rings. The summed E-state index contributed by atoms with van der Waals surface area (Å²) >= 11 is 2.20. The summed E-state index contributed by atoms with van der Waals surface area (Å²) in [5, 5.41) is 8.63. The molecule has 0 fully saturated rings. The monoisotopic (exact) mass is 380 g/mol. The van der Waals surface area contributed by atoms with Crippen LogP contribution in [0.1, 0.15) is 11.1 Å². The van der Waals surface area contributed by atoms with E-state index in [2.05, 4.69) is 22.6 Å². The normalized spacial score (nSPS) is 10.7. The van der Waals surface area contributed by atoms with E-state index < -0.39 is 5.97 Å². The van der Waals surface area contributed by atoms with Gasteiger partial charge in [-0.3, -0.25) is 0 Å². The summed E-state index contributed by atoms with van der Waals surface area (Å²) < 4.78 is 6.77. The SMILES string of the molecule is O=C(O)/C=C/c1ccc(I)c(OCc2ccccc2)c1. The first-order valence-electron chi connectivity index (χ1n) is 6.02. The molecule has 4 heteroatoms. The Bertz CT molecular complexity index is 621. The van der Waals surface area contributed by atoms with Crippen LogP contribution in [-0.2, 0) is 11.4 Å². The average molecular weight is 380 g/mol. The Morgan fingerprint density at radius 2 is 1.95 bits per heavy atom. The fourth-order valence-corrected chi connectivity index (χ4v) is 2.13. The molecule has 0 bridgehead atoms. The molecule has 0 amide bonds. The van der Waals surface area contributed by atoms with Crippen molar-refractivity contribution in [2.75, 3.05) is 0 Å². The summed E-state index contributed by atoms with van der Waals surface area (Å²) in [4.78, 5) is 10.5. The van der Waals surface area contributed by atoms with E-state index in [9.17, 15) is 4.79 Å². The topological polar surface area (TPSA) is 46.5 Å². The van der Waals surface area contributed by atoms with Gasteiger partial charge in [0.05, 0.1) is 3.57 Å². The molecule has 0 radical (unpaired) electrons. The molecule has 0 heterocycles. The number of halogens is 1. The van der Waals surface area contributed by atoms with Gasteiger partial charge in [-0.05, 0) is 51.9 Å². The van der Waals surface area contributed by atoms with E-state index in [0.717, 1.165) is 26.5 Å². The van der Waals surface area contributed by atoms with E-state index in [1.807, 2.05) is 48.5 Å². The second-order valence-corrected chi connectivity index (χ2v) is 5.30. The van der Waals surface area contributed by atoms with Gasteiger partial charge in [-0.2, -0.15) is 0 Å². The fourth-order valence-electron chi connectivity index (χ4n) is 1.64. The van der Waals surface area contributed by atoms with E-state index >= 15 is 0 Å². The Balaban J connectivity index is 2.10. The van der Waals surface area contributed by atoms with Gasteiger partial charge in [-0.25, -0.2) is 4.79 Å². The van der Waals surface area contributed by atoms with Gasteiger partial charge in [-0.1, -0.05) is 36.4 Å². The Hall–Kier alpha value is -1.82. The maximum atomic E-state index is 10.5. The van der Waals surface area contributed by atoms with Crippen molar-refractivity contribution in [3.63, 3.8) is 0 Å². The molecule has 20 heavy (non-hydrogen) atoms. The van der Waals surface area contributed by atoms with Crippen LogP contribution in [0.5, 0.6) is 5.75 Å². The fraction of sp³-hybridized carbons (Fsp3) is 0.0625. The second-order valence-electron chi connectivity index (χ2n) is 4.14. The molecule has 0 aromatic heterocycles. The molecule has 0 aliphatic heterocycles. The molecule has 0 atom stereocenters. The van der Waals surface area contributed by atoms with Crippen LogP contribution >= 0.6 is 22.6 Å². The highest BCUT2D eigenvalue weighted by molar-refractivity contribution is 14.1. The molecule has 0 spiro atoms. The minimum absolute atomic E-state index is 0.489. The lowest BCUT2D eigenvalue weighted by Gasteiger charge is -2.09. The summed E-state index contributed by atoms with van der Waals surface area (Å²) in [6, 6.07) is 15.5. The number of hydrogen-bond acceptors (Lipinski definition) is 2. The highest BCUT2D eigenvalue weighted by Crippen LogP contribution is 2.24.